The number of hydrogen-bond donors (Lipinski definition) is 0. The van der Waals surface area contributed by atoms with Gasteiger partial charge in [-0.2, -0.15) is 13.2 Å². The summed E-state index contributed by atoms with van der Waals surface area (Å²) in [6, 6.07) is 5.66. The Morgan fingerprint density at radius 3 is 2.43 bits per heavy atom. The third-order valence-corrected chi connectivity index (χ3v) is 2.75. The zero-order chi connectivity index (χ0) is 10.3. The highest BCUT2D eigenvalue weighted by Crippen LogP contribution is 2.47. The Kier molecular flexibility index (Phi) is 2.05. The van der Waals surface area contributed by atoms with Crippen LogP contribution in [-0.4, -0.2) is 0 Å². The molecule has 0 N–H and O–H groups in total. The summed E-state index contributed by atoms with van der Waals surface area (Å²) in [4.78, 5) is 0. The lowest BCUT2D eigenvalue weighted by molar-refractivity contribution is -0.137. The molecule has 1 aliphatic carbocycles. The Labute approximate surface area is 80.7 Å². The Morgan fingerprint density at radius 1 is 1.29 bits per heavy atom. The Morgan fingerprint density at radius 2 is 1.93 bits per heavy atom. The van der Waals surface area contributed by atoms with Crippen LogP contribution in [-0.2, 0) is 6.18 Å². The molecule has 0 spiro atoms. The quantitative estimate of drug-likeness (QED) is 0.646. The van der Waals surface area contributed by atoms with E-state index >= 15 is 0 Å². The van der Waals surface area contributed by atoms with Gasteiger partial charge in [0.25, 0.3) is 0 Å². The highest BCUT2D eigenvalue weighted by atomic mass is 19.4. The molecule has 14 heavy (non-hydrogen) atoms. The zero-order valence-electron chi connectivity index (χ0n) is 7.81. The summed E-state index contributed by atoms with van der Waals surface area (Å²) in [6.45, 7) is 2.06. The lowest BCUT2D eigenvalue weighted by atomic mass is 10.1. The van der Waals surface area contributed by atoms with E-state index in [9.17, 15) is 13.2 Å². The molecule has 0 radical (unpaired) electrons. The molecule has 0 aromatic heterocycles. The van der Waals surface area contributed by atoms with E-state index in [0.29, 0.717) is 11.8 Å². The average Bonchev–Trinajstić information content (AvgIpc) is 2.82. The molecule has 0 heterocycles. The van der Waals surface area contributed by atoms with Gasteiger partial charge in [0.2, 0.25) is 0 Å². The molecule has 76 valence electrons. The van der Waals surface area contributed by atoms with Gasteiger partial charge in [-0.15, -0.1) is 0 Å². The molecule has 2 atom stereocenters. The van der Waals surface area contributed by atoms with Crippen molar-refractivity contribution in [2.75, 3.05) is 0 Å². The van der Waals surface area contributed by atoms with Gasteiger partial charge in [0.15, 0.2) is 0 Å². The van der Waals surface area contributed by atoms with Crippen molar-refractivity contribution in [3.05, 3.63) is 35.4 Å². The van der Waals surface area contributed by atoms with E-state index in [-0.39, 0.29) is 0 Å². The first-order chi connectivity index (χ1) is 6.48. The van der Waals surface area contributed by atoms with Gasteiger partial charge in [-0.3, -0.25) is 0 Å². The minimum absolute atomic E-state index is 0.345. The van der Waals surface area contributed by atoms with Crippen LogP contribution >= 0.6 is 0 Å². The first-order valence-electron chi connectivity index (χ1n) is 4.65. The summed E-state index contributed by atoms with van der Waals surface area (Å²) < 4.78 is 37.0. The number of alkyl halides is 3. The third-order valence-electron chi connectivity index (χ3n) is 2.75. The molecule has 3 heteroatoms. The Hall–Kier alpha value is -0.990. The predicted molar refractivity (Wildman–Crippen MR) is 48.0 cm³/mol. The van der Waals surface area contributed by atoms with Crippen molar-refractivity contribution in [3.8, 4) is 0 Å². The van der Waals surface area contributed by atoms with E-state index in [2.05, 4.69) is 6.92 Å². The molecule has 1 fully saturated rings. The summed E-state index contributed by atoms with van der Waals surface area (Å²) in [5.41, 5.74) is 0.293. The molecule has 1 saturated carbocycles. The molecule has 0 bridgehead atoms. The number of benzene rings is 1. The van der Waals surface area contributed by atoms with Gasteiger partial charge >= 0.3 is 6.18 Å². The van der Waals surface area contributed by atoms with Gasteiger partial charge in [0, 0.05) is 0 Å². The van der Waals surface area contributed by atoms with Crippen LogP contribution in [0.5, 0.6) is 0 Å². The van der Waals surface area contributed by atoms with E-state index in [1.54, 1.807) is 6.07 Å². The highest BCUT2D eigenvalue weighted by molar-refractivity contribution is 5.31. The number of hydrogen-bond acceptors (Lipinski definition) is 0. The third kappa shape index (κ3) is 1.76. The largest absolute Gasteiger partial charge is 0.416 e. The highest BCUT2D eigenvalue weighted by Gasteiger charge is 2.36. The zero-order valence-corrected chi connectivity index (χ0v) is 7.81. The monoisotopic (exact) mass is 200 g/mol. The van der Waals surface area contributed by atoms with E-state index in [4.69, 9.17) is 0 Å². The molecule has 1 aromatic rings. The van der Waals surface area contributed by atoms with Crippen LogP contribution in [0.15, 0.2) is 24.3 Å². The van der Waals surface area contributed by atoms with Crippen molar-refractivity contribution in [2.45, 2.75) is 25.4 Å². The van der Waals surface area contributed by atoms with Crippen LogP contribution in [0.4, 0.5) is 13.2 Å². The Bertz CT molecular complexity index is 341. The van der Waals surface area contributed by atoms with Crippen LogP contribution < -0.4 is 0 Å². The van der Waals surface area contributed by atoms with Gasteiger partial charge < -0.3 is 0 Å². The van der Waals surface area contributed by atoms with Crippen molar-refractivity contribution >= 4 is 0 Å². The van der Waals surface area contributed by atoms with Gasteiger partial charge in [0.1, 0.15) is 0 Å². The molecular formula is C11H11F3. The summed E-state index contributed by atoms with van der Waals surface area (Å²) in [7, 11) is 0. The van der Waals surface area contributed by atoms with E-state index in [1.165, 1.54) is 12.1 Å². The van der Waals surface area contributed by atoms with Crippen LogP contribution in [0.1, 0.15) is 30.4 Å². The molecule has 0 aliphatic heterocycles. The fraction of sp³-hybridized carbons (Fsp3) is 0.455. The smallest absolute Gasteiger partial charge is 0.166 e. The number of halogens is 3. The van der Waals surface area contributed by atoms with Crippen LogP contribution in [0.2, 0.25) is 0 Å². The van der Waals surface area contributed by atoms with Crippen LogP contribution in [0.3, 0.4) is 0 Å². The standard InChI is InChI=1S/C11H11F3/c1-7-5-10(7)8-3-2-4-9(6-8)11(12,13)14/h2-4,6-7,10H,5H2,1H3/t7?,10-/m1/s1. The second kappa shape index (κ2) is 3.01. The maximum absolute atomic E-state index is 12.3. The van der Waals surface area contributed by atoms with Gasteiger partial charge in [0.05, 0.1) is 5.56 Å². The molecule has 1 aromatic carbocycles. The second-order valence-corrected chi connectivity index (χ2v) is 3.94. The van der Waals surface area contributed by atoms with Crippen LogP contribution in [0, 0.1) is 5.92 Å². The summed E-state index contributed by atoms with van der Waals surface area (Å²) in [5.74, 6) is 0.885. The first-order valence-corrected chi connectivity index (χ1v) is 4.65. The van der Waals surface area contributed by atoms with E-state index in [0.717, 1.165) is 18.1 Å². The van der Waals surface area contributed by atoms with Crippen molar-refractivity contribution < 1.29 is 13.2 Å². The average molecular weight is 200 g/mol. The van der Waals surface area contributed by atoms with Gasteiger partial charge in [-0.1, -0.05) is 25.1 Å². The molecule has 0 saturated heterocycles. The molecule has 1 aliphatic rings. The molecule has 1 unspecified atom stereocenters. The molecule has 0 nitrogen and oxygen atoms in total. The summed E-state index contributed by atoms with van der Waals surface area (Å²) >= 11 is 0. The van der Waals surface area contributed by atoms with E-state index in [1.807, 2.05) is 0 Å². The molecule has 0 amide bonds. The van der Waals surface area contributed by atoms with Crippen molar-refractivity contribution in [1.82, 2.24) is 0 Å². The summed E-state index contributed by atoms with van der Waals surface area (Å²) in [6.07, 6.45) is -3.20. The predicted octanol–water partition coefficient (Wildman–Crippen LogP) is 3.83. The lowest BCUT2D eigenvalue weighted by Gasteiger charge is -2.07. The molecular weight excluding hydrogens is 189 g/mol. The second-order valence-electron chi connectivity index (χ2n) is 3.94. The van der Waals surface area contributed by atoms with Crippen LogP contribution in [0.25, 0.3) is 0 Å². The maximum Gasteiger partial charge on any atom is 0.416 e. The van der Waals surface area contributed by atoms with Crippen molar-refractivity contribution in [3.63, 3.8) is 0 Å². The fourth-order valence-corrected chi connectivity index (χ4v) is 1.73. The SMILES string of the molecule is CC1C[C@H]1c1cccc(C(F)(F)F)c1. The first kappa shape index (κ1) is 9.56. The normalized spacial score (nSPS) is 26.3. The number of rotatable bonds is 1. The van der Waals surface area contributed by atoms with Crippen molar-refractivity contribution in [2.24, 2.45) is 5.92 Å². The van der Waals surface area contributed by atoms with Gasteiger partial charge in [-0.05, 0) is 29.9 Å². The molecule has 2 rings (SSSR count). The topological polar surface area (TPSA) is 0 Å². The fourth-order valence-electron chi connectivity index (χ4n) is 1.73. The Balaban J connectivity index is 2.28. The minimum atomic E-state index is -4.21. The summed E-state index contributed by atoms with van der Waals surface area (Å²) in [5, 5.41) is 0. The lowest BCUT2D eigenvalue weighted by Crippen LogP contribution is -2.04. The van der Waals surface area contributed by atoms with Crippen molar-refractivity contribution in [1.29, 1.82) is 0 Å². The van der Waals surface area contributed by atoms with E-state index < -0.39 is 11.7 Å². The maximum atomic E-state index is 12.3. The minimum Gasteiger partial charge on any atom is -0.166 e. The van der Waals surface area contributed by atoms with Gasteiger partial charge in [-0.25, -0.2) is 0 Å².